The van der Waals surface area contributed by atoms with Gasteiger partial charge in [-0.1, -0.05) is 42.3 Å². The number of para-hydroxylation sites is 1. The van der Waals surface area contributed by atoms with E-state index in [0.29, 0.717) is 0 Å². The normalized spacial score (nSPS) is 12.5. The topological polar surface area (TPSA) is 75.3 Å². The summed E-state index contributed by atoms with van der Waals surface area (Å²) in [5.74, 6) is -0.357. The molecule has 0 aromatic heterocycles. The highest BCUT2D eigenvalue weighted by atomic mass is 35.5. The van der Waals surface area contributed by atoms with Crippen LogP contribution in [0, 0.1) is 0 Å². The van der Waals surface area contributed by atoms with E-state index in [1.54, 1.807) is 18.2 Å². The van der Waals surface area contributed by atoms with Gasteiger partial charge < -0.3 is 5.32 Å². The number of amides is 1. The Morgan fingerprint density at radius 1 is 1.16 bits per heavy atom. The summed E-state index contributed by atoms with van der Waals surface area (Å²) in [6.07, 6.45) is 0.762. The summed E-state index contributed by atoms with van der Waals surface area (Å²) in [5, 5.41) is 3.09. The Morgan fingerprint density at radius 2 is 1.84 bits per heavy atom. The number of anilines is 1. The molecule has 2 N–H and O–H groups in total. The summed E-state index contributed by atoms with van der Waals surface area (Å²) in [6.45, 7) is 3.82. The number of benzene rings is 2. The van der Waals surface area contributed by atoms with Crippen molar-refractivity contribution in [3.63, 3.8) is 0 Å². The number of carbonyl (C=O) groups excluding carboxylic acids is 1. The number of sulfonamides is 1. The highest BCUT2D eigenvalue weighted by Gasteiger charge is 2.21. The maximum atomic E-state index is 12.6. The van der Waals surface area contributed by atoms with Gasteiger partial charge in [0.25, 0.3) is 15.9 Å². The van der Waals surface area contributed by atoms with Crippen LogP contribution in [0.1, 0.15) is 30.6 Å². The van der Waals surface area contributed by atoms with Gasteiger partial charge in [-0.2, -0.15) is 0 Å². The lowest BCUT2D eigenvalue weighted by Gasteiger charge is -2.15. The minimum atomic E-state index is -4.00. The third kappa shape index (κ3) is 4.87. The SMILES string of the molecule is CC[C@H](C)NC(=O)c1ccccc1NS(=O)(=O)c1cc(Cl)ccc1Cl. The van der Waals surface area contributed by atoms with Crippen LogP contribution in [0.3, 0.4) is 0 Å². The van der Waals surface area contributed by atoms with Crippen LogP contribution in [-0.4, -0.2) is 20.4 Å². The third-order valence-electron chi connectivity index (χ3n) is 3.59. The zero-order chi connectivity index (χ0) is 18.6. The molecule has 134 valence electrons. The monoisotopic (exact) mass is 400 g/mol. The predicted molar refractivity (Wildman–Crippen MR) is 101 cm³/mol. The van der Waals surface area contributed by atoms with E-state index < -0.39 is 10.0 Å². The molecule has 0 saturated heterocycles. The van der Waals surface area contributed by atoms with Gasteiger partial charge in [0.2, 0.25) is 0 Å². The molecule has 2 rings (SSSR count). The van der Waals surface area contributed by atoms with Gasteiger partial charge >= 0.3 is 0 Å². The Kier molecular flexibility index (Phi) is 6.32. The summed E-state index contributed by atoms with van der Waals surface area (Å²) in [6, 6.07) is 10.5. The molecule has 25 heavy (non-hydrogen) atoms. The largest absolute Gasteiger partial charge is 0.350 e. The van der Waals surface area contributed by atoms with E-state index >= 15 is 0 Å². The van der Waals surface area contributed by atoms with Crippen LogP contribution in [0.15, 0.2) is 47.4 Å². The van der Waals surface area contributed by atoms with Crippen LogP contribution in [-0.2, 0) is 10.0 Å². The molecule has 0 saturated carbocycles. The first-order valence-corrected chi connectivity index (χ1v) is 9.86. The van der Waals surface area contributed by atoms with Crippen LogP contribution in [0.25, 0.3) is 0 Å². The number of rotatable bonds is 6. The molecule has 2 aromatic carbocycles. The molecular weight excluding hydrogens is 383 g/mol. The molecule has 0 heterocycles. The van der Waals surface area contributed by atoms with Crippen LogP contribution in [0.4, 0.5) is 5.69 Å². The zero-order valence-electron chi connectivity index (χ0n) is 13.7. The zero-order valence-corrected chi connectivity index (χ0v) is 16.0. The average molecular weight is 401 g/mol. The second-order valence-electron chi connectivity index (χ2n) is 5.51. The summed E-state index contributed by atoms with van der Waals surface area (Å²) >= 11 is 11.8. The van der Waals surface area contributed by atoms with Crippen molar-refractivity contribution in [2.45, 2.75) is 31.2 Å². The Morgan fingerprint density at radius 3 is 2.52 bits per heavy atom. The number of halogens is 2. The minimum absolute atomic E-state index is 0.0282. The lowest BCUT2D eigenvalue weighted by atomic mass is 10.1. The molecule has 8 heteroatoms. The third-order valence-corrected chi connectivity index (χ3v) is 5.67. The van der Waals surface area contributed by atoms with Crippen molar-refractivity contribution in [1.82, 2.24) is 5.32 Å². The van der Waals surface area contributed by atoms with Crippen molar-refractivity contribution >= 4 is 44.8 Å². The molecule has 1 atom stereocenters. The molecule has 2 aromatic rings. The van der Waals surface area contributed by atoms with Crippen molar-refractivity contribution in [1.29, 1.82) is 0 Å². The molecule has 1 amide bonds. The van der Waals surface area contributed by atoms with E-state index in [1.165, 1.54) is 24.3 Å². The number of carbonyl (C=O) groups is 1. The van der Waals surface area contributed by atoms with Gasteiger partial charge in [-0.15, -0.1) is 0 Å². The van der Waals surface area contributed by atoms with Gasteiger partial charge in [-0.3, -0.25) is 9.52 Å². The lowest BCUT2D eigenvalue weighted by molar-refractivity contribution is 0.0940. The summed E-state index contributed by atoms with van der Waals surface area (Å²) in [4.78, 5) is 12.2. The van der Waals surface area contributed by atoms with Crippen LogP contribution >= 0.6 is 23.2 Å². The quantitative estimate of drug-likeness (QED) is 0.757. The van der Waals surface area contributed by atoms with Gasteiger partial charge in [-0.25, -0.2) is 8.42 Å². The van der Waals surface area contributed by atoms with E-state index in [-0.39, 0.29) is 38.1 Å². The highest BCUT2D eigenvalue weighted by Crippen LogP contribution is 2.27. The molecule has 0 fully saturated rings. The van der Waals surface area contributed by atoms with Gasteiger partial charge in [0.15, 0.2) is 0 Å². The minimum Gasteiger partial charge on any atom is -0.350 e. The molecule has 0 spiro atoms. The molecule has 0 aliphatic carbocycles. The molecular formula is C17H18Cl2N2O3S. The van der Waals surface area contributed by atoms with Gasteiger partial charge in [0, 0.05) is 11.1 Å². The van der Waals surface area contributed by atoms with Gasteiger partial charge in [0.05, 0.1) is 16.3 Å². The second-order valence-corrected chi connectivity index (χ2v) is 8.00. The summed E-state index contributed by atoms with van der Waals surface area (Å²) in [5.41, 5.74) is 0.392. The van der Waals surface area contributed by atoms with Crippen LogP contribution < -0.4 is 10.0 Å². The van der Waals surface area contributed by atoms with E-state index in [4.69, 9.17) is 23.2 Å². The van der Waals surface area contributed by atoms with E-state index in [2.05, 4.69) is 10.0 Å². The smallest absolute Gasteiger partial charge is 0.263 e. The first kappa shape index (κ1) is 19.6. The Balaban J connectivity index is 2.37. The predicted octanol–water partition coefficient (Wildman–Crippen LogP) is 4.32. The number of hydrogen-bond acceptors (Lipinski definition) is 3. The molecule has 0 bridgehead atoms. The van der Waals surface area contributed by atoms with E-state index in [9.17, 15) is 13.2 Å². The summed E-state index contributed by atoms with van der Waals surface area (Å²) in [7, 11) is -4.00. The van der Waals surface area contributed by atoms with Crippen molar-refractivity contribution in [2.24, 2.45) is 0 Å². The van der Waals surface area contributed by atoms with E-state index in [1.807, 2.05) is 13.8 Å². The fourth-order valence-corrected chi connectivity index (χ4v) is 3.90. The first-order valence-electron chi connectivity index (χ1n) is 7.62. The molecule has 0 radical (unpaired) electrons. The number of hydrogen-bond donors (Lipinski definition) is 2. The van der Waals surface area contributed by atoms with Crippen molar-refractivity contribution < 1.29 is 13.2 Å². The van der Waals surface area contributed by atoms with Crippen LogP contribution in [0.2, 0.25) is 10.0 Å². The van der Waals surface area contributed by atoms with Crippen LogP contribution in [0.5, 0.6) is 0 Å². The summed E-state index contributed by atoms with van der Waals surface area (Å²) < 4.78 is 27.7. The average Bonchev–Trinajstić information content (AvgIpc) is 2.56. The van der Waals surface area contributed by atoms with E-state index in [0.717, 1.165) is 6.42 Å². The Hall–Kier alpha value is -1.76. The standard InChI is InChI=1S/C17H18Cl2N2O3S/c1-3-11(2)20-17(22)13-6-4-5-7-15(13)21-25(23,24)16-10-12(18)8-9-14(16)19/h4-11,21H,3H2,1-2H3,(H,20,22)/t11-/m0/s1. The Bertz CT molecular complexity index is 885. The fourth-order valence-electron chi connectivity index (χ4n) is 2.06. The van der Waals surface area contributed by atoms with Crippen molar-refractivity contribution in [3.8, 4) is 0 Å². The molecule has 0 unspecified atom stereocenters. The van der Waals surface area contributed by atoms with Gasteiger partial charge in [-0.05, 0) is 43.7 Å². The first-order chi connectivity index (χ1) is 11.7. The van der Waals surface area contributed by atoms with Gasteiger partial charge in [0.1, 0.15) is 4.90 Å². The fraction of sp³-hybridized carbons (Fsp3) is 0.235. The second kappa shape index (κ2) is 8.08. The molecule has 0 aliphatic rings. The number of nitrogens with one attached hydrogen (secondary N) is 2. The maximum Gasteiger partial charge on any atom is 0.263 e. The lowest BCUT2D eigenvalue weighted by Crippen LogP contribution is -2.32. The Labute approximate surface area is 157 Å². The maximum absolute atomic E-state index is 12.6. The highest BCUT2D eigenvalue weighted by molar-refractivity contribution is 7.92. The molecule has 0 aliphatic heterocycles. The van der Waals surface area contributed by atoms with Crippen molar-refractivity contribution in [3.05, 3.63) is 58.1 Å². The molecule has 5 nitrogen and oxygen atoms in total. The van der Waals surface area contributed by atoms with Crippen molar-refractivity contribution in [2.75, 3.05) is 4.72 Å².